The van der Waals surface area contributed by atoms with Crippen LogP contribution < -0.4 is 0 Å². The Morgan fingerprint density at radius 1 is 1.26 bits per heavy atom. The van der Waals surface area contributed by atoms with Crippen molar-refractivity contribution < 1.29 is 9.50 Å². The molecular formula is C15H17FN2O. The van der Waals surface area contributed by atoms with Crippen LogP contribution in [0.25, 0.3) is 0 Å². The van der Waals surface area contributed by atoms with Gasteiger partial charge in [0.15, 0.2) is 0 Å². The van der Waals surface area contributed by atoms with E-state index in [0.29, 0.717) is 12.0 Å². The number of aliphatic hydroxyl groups excluding tert-OH is 1. The Morgan fingerprint density at radius 2 is 2.05 bits per heavy atom. The highest BCUT2D eigenvalue weighted by Crippen LogP contribution is 2.40. The summed E-state index contributed by atoms with van der Waals surface area (Å²) in [6.45, 7) is 0.0358. The monoisotopic (exact) mass is 260 g/mol. The minimum absolute atomic E-state index is 0.0358. The van der Waals surface area contributed by atoms with Crippen molar-refractivity contribution in [2.45, 2.75) is 37.8 Å². The number of benzene rings is 1. The fourth-order valence-corrected chi connectivity index (χ4v) is 2.89. The van der Waals surface area contributed by atoms with E-state index in [1.54, 1.807) is 6.20 Å². The number of aromatic nitrogens is 2. The molecule has 1 heterocycles. The van der Waals surface area contributed by atoms with Gasteiger partial charge >= 0.3 is 0 Å². The van der Waals surface area contributed by atoms with Crippen LogP contribution in [-0.2, 0) is 6.61 Å². The maximum Gasteiger partial charge on any atom is 0.123 e. The van der Waals surface area contributed by atoms with Crippen LogP contribution in [0.4, 0.5) is 4.39 Å². The SMILES string of the molecule is OCc1cnn(C2CCC(c3ccc(F)cc3)C2)c1. The zero-order valence-corrected chi connectivity index (χ0v) is 10.7. The lowest BCUT2D eigenvalue weighted by molar-refractivity contribution is 0.281. The molecule has 0 saturated heterocycles. The molecule has 2 atom stereocenters. The molecule has 0 spiro atoms. The lowest BCUT2D eigenvalue weighted by Gasteiger charge is -2.12. The van der Waals surface area contributed by atoms with Gasteiger partial charge in [0, 0.05) is 11.8 Å². The van der Waals surface area contributed by atoms with Crippen molar-refractivity contribution in [2.24, 2.45) is 0 Å². The van der Waals surface area contributed by atoms with Crippen LogP contribution >= 0.6 is 0 Å². The van der Waals surface area contributed by atoms with Crippen LogP contribution in [0, 0.1) is 5.82 Å². The van der Waals surface area contributed by atoms with Gasteiger partial charge in [-0.05, 0) is 42.9 Å². The van der Waals surface area contributed by atoms with Crippen molar-refractivity contribution in [3.05, 3.63) is 53.6 Å². The van der Waals surface area contributed by atoms with Crippen LogP contribution in [0.1, 0.15) is 42.3 Å². The van der Waals surface area contributed by atoms with Crippen molar-refractivity contribution in [2.75, 3.05) is 0 Å². The Kier molecular flexibility index (Phi) is 3.34. The summed E-state index contributed by atoms with van der Waals surface area (Å²) in [7, 11) is 0. The zero-order valence-electron chi connectivity index (χ0n) is 10.7. The average molecular weight is 260 g/mol. The Hall–Kier alpha value is -1.68. The van der Waals surface area contributed by atoms with Crippen molar-refractivity contribution in [1.29, 1.82) is 0 Å². The minimum atomic E-state index is -0.182. The summed E-state index contributed by atoms with van der Waals surface area (Å²) >= 11 is 0. The fourth-order valence-electron chi connectivity index (χ4n) is 2.89. The number of aliphatic hydroxyl groups is 1. The van der Waals surface area contributed by atoms with E-state index < -0.39 is 0 Å². The highest BCUT2D eigenvalue weighted by Gasteiger charge is 2.27. The third kappa shape index (κ3) is 2.54. The van der Waals surface area contributed by atoms with Gasteiger partial charge in [0.1, 0.15) is 5.82 Å². The van der Waals surface area contributed by atoms with Gasteiger partial charge in [0.25, 0.3) is 0 Å². The number of hydrogen-bond donors (Lipinski definition) is 1. The Morgan fingerprint density at radius 3 is 2.74 bits per heavy atom. The molecule has 19 heavy (non-hydrogen) atoms. The van der Waals surface area contributed by atoms with E-state index in [1.165, 1.54) is 17.7 Å². The van der Waals surface area contributed by atoms with Crippen LogP contribution in [0.2, 0.25) is 0 Å². The molecule has 4 heteroatoms. The molecule has 0 radical (unpaired) electrons. The first-order valence-electron chi connectivity index (χ1n) is 6.65. The second-order valence-electron chi connectivity index (χ2n) is 5.20. The summed E-state index contributed by atoms with van der Waals surface area (Å²) < 4.78 is 14.9. The van der Waals surface area contributed by atoms with Gasteiger partial charge in [-0.2, -0.15) is 5.10 Å². The summed E-state index contributed by atoms with van der Waals surface area (Å²) in [5.74, 6) is 0.297. The number of hydrogen-bond acceptors (Lipinski definition) is 2. The first kappa shape index (κ1) is 12.4. The van der Waals surface area contributed by atoms with Crippen molar-refractivity contribution in [3.63, 3.8) is 0 Å². The van der Waals surface area contributed by atoms with Gasteiger partial charge in [-0.3, -0.25) is 4.68 Å². The molecule has 100 valence electrons. The van der Waals surface area contributed by atoms with E-state index in [4.69, 9.17) is 5.11 Å². The molecule has 3 nitrogen and oxygen atoms in total. The molecular weight excluding hydrogens is 243 g/mol. The predicted octanol–water partition coefficient (Wildman–Crippen LogP) is 3.02. The van der Waals surface area contributed by atoms with Gasteiger partial charge in [0.2, 0.25) is 0 Å². The maximum atomic E-state index is 12.9. The fraction of sp³-hybridized carbons (Fsp3) is 0.400. The van der Waals surface area contributed by atoms with Crippen LogP contribution in [0.5, 0.6) is 0 Å². The summed E-state index contributed by atoms with van der Waals surface area (Å²) in [6, 6.07) is 7.20. The number of rotatable bonds is 3. The molecule has 0 aliphatic heterocycles. The summed E-state index contributed by atoms with van der Waals surface area (Å²) in [6.07, 6.45) is 6.83. The van der Waals surface area contributed by atoms with Gasteiger partial charge in [-0.15, -0.1) is 0 Å². The van der Waals surface area contributed by atoms with Gasteiger partial charge in [0.05, 0.1) is 18.8 Å². The highest BCUT2D eigenvalue weighted by atomic mass is 19.1. The maximum absolute atomic E-state index is 12.9. The van der Waals surface area contributed by atoms with E-state index in [1.807, 2.05) is 23.0 Å². The second-order valence-corrected chi connectivity index (χ2v) is 5.20. The third-order valence-electron chi connectivity index (χ3n) is 3.96. The molecule has 0 amide bonds. The van der Waals surface area contributed by atoms with Crippen molar-refractivity contribution >= 4 is 0 Å². The van der Waals surface area contributed by atoms with Crippen LogP contribution in [-0.4, -0.2) is 14.9 Å². The van der Waals surface area contributed by atoms with E-state index in [2.05, 4.69) is 5.10 Å². The van der Waals surface area contributed by atoms with Gasteiger partial charge in [-0.25, -0.2) is 4.39 Å². The largest absolute Gasteiger partial charge is 0.392 e. The highest BCUT2D eigenvalue weighted by molar-refractivity contribution is 5.21. The topological polar surface area (TPSA) is 38.1 Å². The first-order valence-corrected chi connectivity index (χ1v) is 6.65. The van der Waals surface area contributed by atoms with Crippen molar-refractivity contribution in [3.8, 4) is 0 Å². The molecule has 1 aromatic heterocycles. The van der Waals surface area contributed by atoms with E-state index >= 15 is 0 Å². The lowest BCUT2D eigenvalue weighted by atomic mass is 9.97. The first-order chi connectivity index (χ1) is 9.26. The molecule has 1 fully saturated rings. The molecule has 2 aromatic rings. The minimum Gasteiger partial charge on any atom is -0.392 e. The molecule has 1 saturated carbocycles. The average Bonchev–Trinajstić information content (AvgIpc) is 3.08. The molecule has 2 unspecified atom stereocenters. The standard InChI is InChI=1S/C15H17FN2O/c16-14-4-1-12(2-5-14)13-3-6-15(7-13)18-9-11(10-19)8-17-18/h1-2,4-5,8-9,13,15,19H,3,6-7,10H2. The van der Waals surface area contributed by atoms with Crippen molar-refractivity contribution in [1.82, 2.24) is 9.78 Å². The number of halogens is 1. The molecule has 1 aromatic carbocycles. The smallest absolute Gasteiger partial charge is 0.123 e. The molecule has 1 N–H and O–H groups in total. The Balaban J connectivity index is 1.71. The molecule has 0 bridgehead atoms. The summed E-state index contributed by atoms with van der Waals surface area (Å²) in [4.78, 5) is 0. The predicted molar refractivity (Wildman–Crippen MR) is 70.2 cm³/mol. The molecule has 1 aliphatic rings. The third-order valence-corrected chi connectivity index (χ3v) is 3.96. The Bertz CT molecular complexity index is 550. The van der Waals surface area contributed by atoms with E-state index in [0.717, 1.165) is 24.8 Å². The summed E-state index contributed by atoms with van der Waals surface area (Å²) in [5.41, 5.74) is 2.06. The molecule has 1 aliphatic carbocycles. The normalized spacial score (nSPS) is 22.8. The quantitative estimate of drug-likeness (QED) is 0.921. The van der Waals surface area contributed by atoms with Crippen LogP contribution in [0.3, 0.4) is 0 Å². The second kappa shape index (κ2) is 5.13. The lowest BCUT2D eigenvalue weighted by Crippen LogP contribution is -2.05. The summed E-state index contributed by atoms with van der Waals surface area (Å²) in [5, 5.41) is 13.4. The molecule has 3 rings (SSSR count). The Labute approximate surface area is 111 Å². The van der Waals surface area contributed by atoms with Crippen LogP contribution in [0.15, 0.2) is 36.7 Å². The van der Waals surface area contributed by atoms with E-state index in [9.17, 15) is 4.39 Å². The van der Waals surface area contributed by atoms with Gasteiger partial charge < -0.3 is 5.11 Å². The van der Waals surface area contributed by atoms with Gasteiger partial charge in [-0.1, -0.05) is 12.1 Å². The zero-order chi connectivity index (χ0) is 13.2. The number of nitrogens with zero attached hydrogens (tertiary/aromatic N) is 2. The van der Waals surface area contributed by atoms with E-state index in [-0.39, 0.29) is 12.4 Å².